The Balaban J connectivity index is 4.13. The van der Waals surface area contributed by atoms with Crippen molar-refractivity contribution in [2.24, 2.45) is 0 Å². The van der Waals surface area contributed by atoms with E-state index in [1.807, 2.05) is 0 Å². The summed E-state index contributed by atoms with van der Waals surface area (Å²) >= 11 is 0. The topological polar surface area (TPSA) is 64.6 Å². The van der Waals surface area contributed by atoms with Crippen molar-refractivity contribution in [3.8, 4) is 0 Å². The summed E-state index contributed by atoms with van der Waals surface area (Å²) in [4.78, 5) is 0. The molecule has 0 bridgehead atoms. The molecule has 0 unspecified atom stereocenters. The van der Waals surface area contributed by atoms with Crippen LogP contribution in [0.15, 0.2) is 24.7 Å². The summed E-state index contributed by atoms with van der Waals surface area (Å²) in [5, 5.41) is 0. The summed E-state index contributed by atoms with van der Waals surface area (Å²) in [5.41, 5.74) is 0. The van der Waals surface area contributed by atoms with E-state index in [9.17, 15) is 0 Å². The third-order valence-electron chi connectivity index (χ3n) is 4.03. The van der Waals surface area contributed by atoms with Gasteiger partial charge in [-0.3, -0.25) is 0 Å². The van der Waals surface area contributed by atoms with Crippen LogP contribution in [0.25, 0.3) is 0 Å². The first-order valence-corrected chi connectivity index (χ1v) is 12.1. The Morgan fingerprint density at radius 3 is 1.12 bits per heavy atom. The highest BCUT2D eigenvalue weighted by molar-refractivity contribution is 6.60. The summed E-state index contributed by atoms with van der Waals surface area (Å²) < 4.78 is 38.0. The molecule has 0 saturated heterocycles. The van der Waals surface area contributed by atoms with Crippen LogP contribution >= 0.6 is 0 Å². The molecule has 148 valence electrons. The van der Waals surface area contributed by atoms with Crippen LogP contribution in [-0.4, -0.2) is 60.3 Å². The Morgan fingerprint density at radius 1 is 0.600 bits per heavy atom. The molecule has 0 rings (SSSR count). The lowest BCUT2D eigenvalue weighted by Gasteiger charge is -2.24. The van der Waals surface area contributed by atoms with Crippen LogP contribution in [0.4, 0.5) is 0 Å². The van der Waals surface area contributed by atoms with Crippen LogP contribution in [-0.2, 0) is 31.3 Å². The molecule has 0 aliphatic heterocycles. The Labute approximate surface area is 154 Å². The third kappa shape index (κ3) is 8.60. The molecule has 0 aliphatic rings. The molecule has 7 nitrogen and oxygen atoms in total. The summed E-state index contributed by atoms with van der Waals surface area (Å²) in [7, 11) is 4.57. The number of hydrogen-bond donors (Lipinski definition) is 0. The predicted octanol–water partition coefficient (Wildman–Crippen LogP) is 3.35. The third-order valence-corrected chi connectivity index (χ3v) is 9.70. The van der Waals surface area contributed by atoms with Crippen molar-refractivity contribution in [1.29, 1.82) is 0 Å². The molecule has 9 heteroatoms. The molecular formula is C16H34O7Si2. The zero-order chi connectivity index (χ0) is 19.3. The van der Waals surface area contributed by atoms with E-state index in [2.05, 4.69) is 13.2 Å². The molecule has 0 spiro atoms. The van der Waals surface area contributed by atoms with Gasteiger partial charge in [-0.05, 0) is 12.8 Å². The van der Waals surface area contributed by atoms with E-state index in [4.69, 9.17) is 31.3 Å². The molecule has 0 radical (unpaired) electrons. The molecule has 0 heterocycles. The predicted molar refractivity (Wildman–Crippen MR) is 101 cm³/mol. The lowest BCUT2D eigenvalue weighted by atomic mass is 10.3. The second-order valence-electron chi connectivity index (χ2n) is 5.48. The van der Waals surface area contributed by atoms with Crippen LogP contribution in [0.5, 0.6) is 0 Å². The van der Waals surface area contributed by atoms with Gasteiger partial charge >= 0.3 is 17.6 Å². The zero-order valence-electron chi connectivity index (χ0n) is 16.5. The lowest BCUT2D eigenvalue weighted by molar-refractivity contribution is 0.122. The van der Waals surface area contributed by atoms with Crippen molar-refractivity contribution in [3.63, 3.8) is 0 Å². The van der Waals surface area contributed by atoms with E-state index in [0.29, 0.717) is 36.4 Å². The van der Waals surface area contributed by atoms with Gasteiger partial charge < -0.3 is 31.3 Å². The molecule has 0 aromatic heterocycles. The van der Waals surface area contributed by atoms with Crippen molar-refractivity contribution < 1.29 is 31.3 Å². The fourth-order valence-corrected chi connectivity index (χ4v) is 5.87. The van der Waals surface area contributed by atoms with E-state index >= 15 is 0 Å². The highest BCUT2D eigenvalue weighted by atomic mass is 28.4. The molecule has 0 aliphatic carbocycles. The van der Waals surface area contributed by atoms with Gasteiger partial charge in [0.05, 0.1) is 11.5 Å². The van der Waals surface area contributed by atoms with E-state index in [1.165, 1.54) is 0 Å². The fraction of sp³-hybridized carbons (Fsp3) is 0.750. The van der Waals surface area contributed by atoms with E-state index < -0.39 is 17.6 Å². The van der Waals surface area contributed by atoms with Crippen LogP contribution in [0, 0.1) is 0 Å². The Morgan fingerprint density at radius 2 is 0.880 bits per heavy atom. The quantitative estimate of drug-likeness (QED) is 0.294. The summed E-state index contributed by atoms with van der Waals surface area (Å²) in [6.07, 6.45) is 3.00. The van der Waals surface area contributed by atoms with Crippen molar-refractivity contribution in [2.45, 2.75) is 37.8 Å². The summed E-state index contributed by atoms with van der Waals surface area (Å²) in [6.45, 7) is 7.88. The first kappa shape index (κ1) is 24.5. The Bertz CT molecular complexity index is 343. The van der Waals surface area contributed by atoms with Crippen molar-refractivity contribution in [2.75, 3.05) is 42.7 Å². The largest absolute Gasteiger partial charge is 0.500 e. The van der Waals surface area contributed by atoms with Crippen LogP contribution in [0.2, 0.25) is 12.1 Å². The second-order valence-corrected chi connectivity index (χ2v) is 11.7. The highest BCUT2D eigenvalue weighted by Gasteiger charge is 2.37. The smallest absolute Gasteiger partial charge is 0.467 e. The molecule has 0 atom stereocenters. The maximum absolute atomic E-state index is 5.68. The second kappa shape index (κ2) is 12.8. The Kier molecular flexibility index (Phi) is 12.5. The molecule has 0 saturated carbocycles. The lowest BCUT2D eigenvalue weighted by Crippen LogP contribution is -2.42. The summed E-state index contributed by atoms with van der Waals surface area (Å²) in [6, 6.07) is 1.41. The number of hydrogen-bond acceptors (Lipinski definition) is 7. The van der Waals surface area contributed by atoms with Crippen LogP contribution in [0.1, 0.15) is 25.7 Å². The van der Waals surface area contributed by atoms with Crippen LogP contribution < -0.4 is 0 Å². The minimum atomic E-state index is -2.54. The number of ether oxygens (including phenoxy) is 1. The van der Waals surface area contributed by atoms with Gasteiger partial charge in [-0.15, -0.1) is 0 Å². The molecular weight excluding hydrogens is 360 g/mol. The van der Waals surface area contributed by atoms with Crippen molar-refractivity contribution in [1.82, 2.24) is 0 Å². The first-order chi connectivity index (χ1) is 11.9. The highest BCUT2D eigenvalue weighted by Crippen LogP contribution is 2.22. The van der Waals surface area contributed by atoms with E-state index in [1.54, 1.807) is 42.7 Å². The van der Waals surface area contributed by atoms with Gasteiger partial charge in [-0.25, -0.2) is 0 Å². The van der Waals surface area contributed by atoms with Gasteiger partial charge in [-0.2, -0.15) is 0 Å². The number of rotatable bonds is 16. The minimum Gasteiger partial charge on any atom is -0.467 e. The van der Waals surface area contributed by atoms with Gasteiger partial charge in [0.1, 0.15) is 0 Å². The minimum absolute atomic E-state index is 0.671. The molecule has 0 aromatic carbocycles. The fourth-order valence-electron chi connectivity index (χ4n) is 2.42. The van der Waals surface area contributed by atoms with Gasteiger partial charge in [-0.1, -0.05) is 13.2 Å². The van der Waals surface area contributed by atoms with Gasteiger partial charge in [0.25, 0.3) is 0 Å². The monoisotopic (exact) mass is 394 g/mol. The molecule has 0 N–H and O–H groups in total. The van der Waals surface area contributed by atoms with E-state index in [-0.39, 0.29) is 0 Å². The van der Waals surface area contributed by atoms with Gasteiger partial charge in [0.2, 0.25) is 0 Å². The molecule has 0 amide bonds. The SMILES string of the molecule is C=C(CCC[Si](OC)(OC)OC)OC(=C)CCC[Si](OC)(OC)OC. The maximum atomic E-state index is 5.68. The maximum Gasteiger partial charge on any atom is 0.500 e. The average Bonchev–Trinajstić information content (AvgIpc) is 2.63. The Hall–Kier alpha value is -0.526. The molecule has 25 heavy (non-hydrogen) atoms. The van der Waals surface area contributed by atoms with Gasteiger partial charge in [0, 0.05) is 67.6 Å². The molecule has 0 fully saturated rings. The van der Waals surface area contributed by atoms with Gasteiger partial charge in [0.15, 0.2) is 0 Å². The normalized spacial score (nSPS) is 12.2. The van der Waals surface area contributed by atoms with E-state index in [0.717, 1.165) is 12.8 Å². The van der Waals surface area contributed by atoms with Crippen molar-refractivity contribution >= 4 is 17.6 Å². The van der Waals surface area contributed by atoms with Crippen molar-refractivity contribution in [3.05, 3.63) is 24.7 Å². The zero-order valence-corrected chi connectivity index (χ0v) is 18.5. The van der Waals surface area contributed by atoms with Crippen LogP contribution in [0.3, 0.4) is 0 Å². The number of allylic oxidation sites excluding steroid dienone is 2. The summed E-state index contributed by atoms with van der Waals surface area (Å²) in [5.74, 6) is 1.34. The molecule has 0 aromatic rings. The first-order valence-electron chi connectivity index (χ1n) is 8.20. The standard InChI is InChI=1S/C16H34O7Si2/c1-15(11-9-13-24(17-3,18-4)19-5)23-16(2)12-10-14-25(20-6,21-7)22-8/h1-2,9-14H2,3-8H3. The average molecular weight is 395 g/mol.